The Morgan fingerprint density at radius 3 is 2.64 bits per heavy atom. The van der Waals surface area contributed by atoms with Gasteiger partial charge in [0, 0.05) is 33.9 Å². The first kappa shape index (κ1) is 15.6. The molecule has 1 aromatic heterocycles. The molecular formula is C16H16BrF2NO2. The predicted molar refractivity (Wildman–Crippen MR) is 84.3 cm³/mol. The molecule has 0 bridgehead atoms. The van der Waals surface area contributed by atoms with Crippen LogP contribution in [0.1, 0.15) is 31.4 Å². The summed E-state index contributed by atoms with van der Waals surface area (Å²) in [5, 5.41) is 10.4. The molecule has 3 rings (SSSR count). The second-order valence-corrected chi connectivity index (χ2v) is 6.78. The zero-order valence-electron chi connectivity index (χ0n) is 12.0. The van der Waals surface area contributed by atoms with E-state index in [-0.39, 0.29) is 23.8 Å². The highest BCUT2D eigenvalue weighted by Gasteiger charge is 2.33. The van der Waals surface area contributed by atoms with Crippen molar-refractivity contribution in [3.63, 3.8) is 0 Å². The number of aliphatic hydroxyl groups is 1. The highest BCUT2D eigenvalue weighted by atomic mass is 79.9. The number of pyridine rings is 1. The van der Waals surface area contributed by atoms with Crippen LogP contribution in [0.2, 0.25) is 0 Å². The van der Waals surface area contributed by atoms with Crippen LogP contribution >= 0.6 is 15.9 Å². The maximum Gasteiger partial charge on any atom is 0.270 e. The molecule has 6 heteroatoms. The highest BCUT2D eigenvalue weighted by molar-refractivity contribution is 9.10. The number of alkyl halides is 2. The number of hydrogen-bond donors (Lipinski definition) is 1. The first-order valence-electron chi connectivity index (χ1n) is 7.16. The minimum absolute atomic E-state index is 0.104. The zero-order valence-corrected chi connectivity index (χ0v) is 13.6. The van der Waals surface area contributed by atoms with E-state index in [4.69, 9.17) is 0 Å². The number of fused-ring (bicyclic) bond motifs is 1. The van der Waals surface area contributed by atoms with Crippen LogP contribution in [0.3, 0.4) is 0 Å². The molecule has 22 heavy (non-hydrogen) atoms. The van der Waals surface area contributed by atoms with Crippen LogP contribution in [-0.4, -0.2) is 16.3 Å². The van der Waals surface area contributed by atoms with Gasteiger partial charge in [-0.2, -0.15) is 0 Å². The van der Waals surface area contributed by atoms with Gasteiger partial charge in [0.25, 0.3) is 11.5 Å². The van der Waals surface area contributed by atoms with Crippen LogP contribution in [-0.2, 0) is 5.92 Å². The zero-order chi connectivity index (χ0) is 16.1. The molecule has 0 amide bonds. The van der Waals surface area contributed by atoms with Crippen molar-refractivity contribution < 1.29 is 13.9 Å². The van der Waals surface area contributed by atoms with Crippen molar-refractivity contribution >= 4 is 26.7 Å². The smallest absolute Gasteiger partial charge is 0.270 e. The average molecular weight is 372 g/mol. The van der Waals surface area contributed by atoms with Crippen LogP contribution in [0.25, 0.3) is 10.8 Å². The number of aromatic nitrogens is 1. The lowest BCUT2D eigenvalue weighted by Crippen LogP contribution is -2.28. The molecule has 0 saturated heterocycles. The summed E-state index contributed by atoms with van der Waals surface area (Å²) in [5.41, 5.74) is -0.381. The third-order valence-electron chi connectivity index (χ3n) is 4.21. The number of aliphatic hydroxyl groups excluding tert-OH is 1. The predicted octanol–water partition coefficient (Wildman–Crippen LogP) is 3.82. The fraction of sp³-hybridized carbons (Fsp3) is 0.438. The molecule has 1 heterocycles. The Labute approximate surface area is 134 Å². The molecule has 3 nitrogen and oxygen atoms in total. The molecule has 0 spiro atoms. The number of rotatable bonds is 4. The first-order valence-corrected chi connectivity index (χ1v) is 7.96. The molecule has 0 radical (unpaired) electrons. The topological polar surface area (TPSA) is 42.2 Å². The van der Waals surface area contributed by atoms with Gasteiger partial charge in [-0.05, 0) is 46.8 Å². The van der Waals surface area contributed by atoms with E-state index in [2.05, 4.69) is 15.9 Å². The number of hydrogen-bond acceptors (Lipinski definition) is 2. The number of halogens is 3. The van der Waals surface area contributed by atoms with Gasteiger partial charge in [0.05, 0.1) is 12.6 Å². The van der Waals surface area contributed by atoms with E-state index >= 15 is 0 Å². The Balaban J connectivity index is 2.20. The lowest BCUT2D eigenvalue weighted by Gasteiger charge is -2.19. The molecular weight excluding hydrogens is 356 g/mol. The van der Waals surface area contributed by atoms with Crippen molar-refractivity contribution in [1.29, 1.82) is 0 Å². The quantitative estimate of drug-likeness (QED) is 0.887. The van der Waals surface area contributed by atoms with Gasteiger partial charge in [-0.15, -0.1) is 0 Å². The molecule has 1 saturated carbocycles. The van der Waals surface area contributed by atoms with Gasteiger partial charge in [0.1, 0.15) is 0 Å². The van der Waals surface area contributed by atoms with Crippen LogP contribution in [0.4, 0.5) is 8.78 Å². The van der Waals surface area contributed by atoms with Crippen molar-refractivity contribution in [2.75, 3.05) is 6.61 Å². The largest absolute Gasteiger partial charge is 0.394 e. The maximum atomic E-state index is 13.5. The Hall–Kier alpha value is -1.27. The Morgan fingerprint density at radius 2 is 2.09 bits per heavy atom. The van der Waals surface area contributed by atoms with Gasteiger partial charge in [0.15, 0.2) is 0 Å². The van der Waals surface area contributed by atoms with Crippen LogP contribution in [0, 0.1) is 5.92 Å². The summed E-state index contributed by atoms with van der Waals surface area (Å²) in [6.07, 6.45) is 3.59. The number of benzene rings is 1. The third-order valence-corrected chi connectivity index (χ3v) is 4.84. The van der Waals surface area contributed by atoms with Gasteiger partial charge >= 0.3 is 0 Å². The second kappa shape index (κ2) is 5.42. The molecule has 1 aliphatic carbocycles. The molecule has 1 N–H and O–H groups in total. The van der Waals surface area contributed by atoms with E-state index in [0.717, 1.165) is 19.8 Å². The molecule has 118 valence electrons. The fourth-order valence-corrected chi connectivity index (χ4v) is 3.33. The minimum Gasteiger partial charge on any atom is -0.394 e. The maximum absolute atomic E-state index is 13.5. The van der Waals surface area contributed by atoms with Gasteiger partial charge in [-0.3, -0.25) is 4.79 Å². The summed E-state index contributed by atoms with van der Waals surface area (Å²) < 4.78 is 29.0. The van der Waals surface area contributed by atoms with E-state index in [9.17, 15) is 18.7 Å². The summed E-state index contributed by atoms with van der Waals surface area (Å²) >= 11 is 3.36. The Bertz CT molecular complexity index is 778. The molecule has 0 aliphatic heterocycles. The SMILES string of the molecule is CC(F)(F)c1ccc2c(=O)n(C(CO)C3CC3)cc(Br)c2c1. The molecule has 1 aromatic carbocycles. The van der Waals surface area contributed by atoms with Crippen LogP contribution < -0.4 is 5.56 Å². The Kier molecular flexibility index (Phi) is 3.85. The summed E-state index contributed by atoms with van der Waals surface area (Å²) in [4.78, 5) is 12.6. The summed E-state index contributed by atoms with van der Waals surface area (Å²) in [6.45, 7) is 0.728. The van der Waals surface area contributed by atoms with E-state index < -0.39 is 5.92 Å². The summed E-state index contributed by atoms with van der Waals surface area (Å²) in [7, 11) is 0. The fourth-order valence-electron chi connectivity index (χ4n) is 2.78. The Morgan fingerprint density at radius 1 is 1.41 bits per heavy atom. The second-order valence-electron chi connectivity index (χ2n) is 5.93. The van der Waals surface area contributed by atoms with Gasteiger partial charge in [0.2, 0.25) is 0 Å². The van der Waals surface area contributed by atoms with Crippen molar-refractivity contribution in [1.82, 2.24) is 4.57 Å². The average Bonchev–Trinajstić information content (AvgIpc) is 3.28. The minimum atomic E-state index is -2.95. The molecule has 2 aromatic rings. The first-order chi connectivity index (χ1) is 10.3. The van der Waals surface area contributed by atoms with E-state index in [1.54, 1.807) is 6.20 Å². The van der Waals surface area contributed by atoms with Gasteiger partial charge in [-0.25, -0.2) is 8.78 Å². The summed E-state index contributed by atoms with van der Waals surface area (Å²) in [5.74, 6) is -2.64. The molecule has 1 aliphatic rings. The van der Waals surface area contributed by atoms with E-state index in [0.29, 0.717) is 21.2 Å². The van der Waals surface area contributed by atoms with Crippen molar-refractivity contribution in [3.8, 4) is 0 Å². The molecule has 1 atom stereocenters. The lowest BCUT2D eigenvalue weighted by atomic mass is 10.0. The lowest BCUT2D eigenvalue weighted by molar-refractivity contribution is 0.0176. The van der Waals surface area contributed by atoms with Crippen molar-refractivity contribution in [2.24, 2.45) is 5.92 Å². The molecule has 1 unspecified atom stereocenters. The number of nitrogens with zero attached hydrogens (tertiary/aromatic N) is 1. The van der Waals surface area contributed by atoms with E-state index in [1.807, 2.05) is 0 Å². The van der Waals surface area contributed by atoms with Gasteiger partial charge in [-0.1, -0.05) is 6.07 Å². The van der Waals surface area contributed by atoms with Crippen molar-refractivity contribution in [2.45, 2.75) is 31.7 Å². The standard InChI is InChI=1S/C16H16BrF2NO2/c1-16(18,19)10-4-5-11-12(6-10)13(17)7-20(15(11)22)14(8-21)9-2-3-9/h4-7,9,14,21H,2-3,8H2,1H3. The van der Waals surface area contributed by atoms with Crippen LogP contribution in [0.15, 0.2) is 33.7 Å². The normalized spacial score (nSPS) is 17.0. The van der Waals surface area contributed by atoms with E-state index in [1.165, 1.54) is 22.8 Å². The third kappa shape index (κ3) is 2.70. The van der Waals surface area contributed by atoms with Gasteiger partial charge < -0.3 is 9.67 Å². The van der Waals surface area contributed by atoms with Crippen molar-refractivity contribution in [3.05, 3.63) is 44.8 Å². The highest BCUT2D eigenvalue weighted by Crippen LogP contribution is 2.40. The monoisotopic (exact) mass is 371 g/mol. The summed E-state index contributed by atoms with van der Waals surface area (Å²) in [6, 6.07) is 3.81. The molecule has 1 fully saturated rings. The van der Waals surface area contributed by atoms with Crippen LogP contribution in [0.5, 0.6) is 0 Å².